The van der Waals surface area contributed by atoms with Crippen LogP contribution < -0.4 is 5.73 Å². The highest BCUT2D eigenvalue weighted by Gasteiger charge is 2.08. The standard InChI is InChI=1S/C14H17Cl2N3/c1-2-11(17)8-14-18-5-6-19(14)9-10-3-4-12(15)13(16)7-10/h3-7,11H,2,8-9,17H2,1H3. The third-order valence-electron chi connectivity index (χ3n) is 3.11. The van der Waals surface area contributed by atoms with E-state index < -0.39 is 0 Å². The van der Waals surface area contributed by atoms with Gasteiger partial charge in [0, 0.05) is 31.4 Å². The summed E-state index contributed by atoms with van der Waals surface area (Å²) in [5.74, 6) is 1.00. The molecule has 0 amide bonds. The summed E-state index contributed by atoms with van der Waals surface area (Å²) in [6.45, 7) is 2.81. The highest BCUT2D eigenvalue weighted by Crippen LogP contribution is 2.23. The van der Waals surface area contributed by atoms with E-state index in [-0.39, 0.29) is 6.04 Å². The van der Waals surface area contributed by atoms with Gasteiger partial charge in [0.05, 0.1) is 10.0 Å². The fourth-order valence-electron chi connectivity index (χ4n) is 1.89. The second-order valence-corrected chi connectivity index (χ2v) is 5.41. The predicted molar refractivity (Wildman–Crippen MR) is 79.8 cm³/mol. The van der Waals surface area contributed by atoms with Crippen molar-refractivity contribution in [2.75, 3.05) is 0 Å². The number of aromatic nitrogens is 2. The third-order valence-corrected chi connectivity index (χ3v) is 3.85. The molecule has 0 aliphatic rings. The van der Waals surface area contributed by atoms with E-state index in [1.165, 1.54) is 0 Å². The second-order valence-electron chi connectivity index (χ2n) is 4.59. The van der Waals surface area contributed by atoms with Gasteiger partial charge in [-0.3, -0.25) is 0 Å². The summed E-state index contributed by atoms with van der Waals surface area (Å²) in [7, 11) is 0. The summed E-state index contributed by atoms with van der Waals surface area (Å²) in [4.78, 5) is 4.36. The number of nitrogens with zero attached hydrogens (tertiary/aromatic N) is 2. The Hall–Kier alpha value is -1.03. The summed E-state index contributed by atoms with van der Waals surface area (Å²) < 4.78 is 2.09. The Bertz CT molecular complexity index is 551. The maximum absolute atomic E-state index is 6.02. The summed E-state index contributed by atoms with van der Waals surface area (Å²) >= 11 is 11.9. The quantitative estimate of drug-likeness (QED) is 0.918. The van der Waals surface area contributed by atoms with Gasteiger partial charge in [-0.15, -0.1) is 0 Å². The van der Waals surface area contributed by atoms with Crippen LogP contribution in [0.2, 0.25) is 10.0 Å². The topological polar surface area (TPSA) is 43.8 Å². The monoisotopic (exact) mass is 297 g/mol. The number of rotatable bonds is 5. The minimum Gasteiger partial charge on any atom is -0.330 e. The lowest BCUT2D eigenvalue weighted by Gasteiger charge is -2.12. The molecular formula is C14H17Cl2N3. The van der Waals surface area contributed by atoms with Crippen LogP contribution in [0.5, 0.6) is 0 Å². The molecule has 2 N–H and O–H groups in total. The van der Waals surface area contributed by atoms with Gasteiger partial charge in [0.25, 0.3) is 0 Å². The highest BCUT2D eigenvalue weighted by atomic mass is 35.5. The zero-order valence-electron chi connectivity index (χ0n) is 10.8. The molecule has 1 unspecified atom stereocenters. The van der Waals surface area contributed by atoms with E-state index >= 15 is 0 Å². The van der Waals surface area contributed by atoms with Crippen molar-refractivity contribution >= 4 is 23.2 Å². The molecule has 0 saturated heterocycles. The molecule has 0 saturated carbocycles. The van der Waals surface area contributed by atoms with Gasteiger partial charge in [-0.05, 0) is 24.1 Å². The Labute approximate surface area is 123 Å². The molecule has 2 rings (SSSR count). The number of hydrogen-bond acceptors (Lipinski definition) is 2. The number of benzene rings is 1. The predicted octanol–water partition coefficient (Wildman–Crippen LogP) is 3.52. The lowest BCUT2D eigenvalue weighted by molar-refractivity contribution is 0.597. The van der Waals surface area contributed by atoms with Crippen LogP contribution in [0.1, 0.15) is 24.7 Å². The minimum absolute atomic E-state index is 0.148. The highest BCUT2D eigenvalue weighted by molar-refractivity contribution is 6.42. The molecule has 0 radical (unpaired) electrons. The van der Waals surface area contributed by atoms with Crippen LogP contribution in [0.3, 0.4) is 0 Å². The Balaban J connectivity index is 2.14. The van der Waals surface area contributed by atoms with Crippen LogP contribution in [0.25, 0.3) is 0 Å². The number of imidazole rings is 1. The van der Waals surface area contributed by atoms with E-state index in [1.54, 1.807) is 6.20 Å². The third kappa shape index (κ3) is 3.72. The lowest BCUT2D eigenvalue weighted by atomic mass is 10.1. The van der Waals surface area contributed by atoms with Crippen LogP contribution in [-0.4, -0.2) is 15.6 Å². The summed E-state index contributed by atoms with van der Waals surface area (Å²) in [5.41, 5.74) is 7.07. The van der Waals surface area contributed by atoms with Crippen LogP contribution in [-0.2, 0) is 13.0 Å². The van der Waals surface area contributed by atoms with Gasteiger partial charge in [-0.1, -0.05) is 36.2 Å². The van der Waals surface area contributed by atoms with Crippen molar-refractivity contribution in [1.82, 2.24) is 9.55 Å². The second kappa shape index (κ2) is 6.42. The fraction of sp³-hybridized carbons (Fsp3) is 0.357. The van der Waals surface area contributed by atoms with Crippen molar-refractivity contribution in [3.8, 4) is 0 Å². The zero-order valence-corrected chi connectivity index (χ0v) is 12.3. The van der Waals surface area contributed by atoms with E-state index in [9.17, 15) is 0 Å². The van der Waals surface area contributed by atoms with Gasteiger partial charge >= 0.3 is 0 Å². The SMILES string of the molecule is CCC(N)Cc1nccn1Cc1ccc(Cl)c(Cl)c1. The van der Waals surface area contributed by atoms with Crippen molar-refractivity contribution < 1.29 is 0 Å². The van der Waals surface area contributed by atoms with Crippen LogP contribution in [0, 0.1) is 0 Å². The van der Waals surface area contributed by atoms with Crippen LogP contribution in [0.4, 0.5) is 0 Å². The molecule has 102 valence electrons. The average Bonchev–Trinajstić information content (AvgIpc) is 2.81. The molecule has 2 aromatic rings. The molecule has 0 spiro atoms. The minimum atomic E-state index is 0.148. The zero-order chi connectivity index (χ0) is 13.8. The molecule has 1 aromatic heterocycles. The summed E-state index contributed by atoms with van der Waals surface area (Å²) in [5, 5.41) is 1.15. The Morgan fingerprint density at radius 2 is 2.11 bits per heavy atom. The van der Waals surface area contributed by atoms with E-state index in [4.69, 9.17) is 28.9 Å². The Morgan fingerprint density at radius 1 is 1.32 bits per heavy atom. The smallest absolute Gasteiger partial charge is 0.110 e. The summed E-state index contributed by atoms with van der Waals surface area (Å²) in [6, 6.07) is 5.81. The molecule has 3 nitrogen and oxygen atoms in total. The molecule has 0 aliphatic carbocycles. The average molecular weight is 298 g/mol. The van der Waals surface area contributed by atoms with Crippen molar-refractivity contribution in [3.63, 3.8) is 0 Å². The van der Waals surface area contributed by atoms with Gasteiger partial charge in [0.2, 0.25) is 0 Å². The number of halogens is 2. The Kier molecular flexibility index (Phi) is 4.86. The number of nitrogens with two attached hydrogens (primary N) is 1. The molecule has 0 aliphatic heterocycles. The maximum atomic E-state index is 6.02. The molecule has 0 bridgehead atoms. The molecule has 1 heterocycles. The van der Waals surface area contributed by atoms with Gasteiger partial charge in [0.1, 0.15) is 5.82 Å². The van der Waals surface area contributed by atoms with Crippen LogP contribution in [0.15, 0.2) is 30.6 Å². The lowest BCUT2D eigenvalue weighted by Crippen LogP contribution is -2.23. The molecular weight excluding hydrogens is 281 g/mol. The summed E-state index contributed by atoms with van der Waals surface area (Å²) in [6.07, 6.45) is 5.49. The van der Waals surface area contributed by atoms with E-state index in [1.807, 2.05) is 24.4 Å². The van der Waals surface area contributed by atoms with Crippen molar-refractivity contribution in [3.05, 3.63) is 52.0 Å². The van der Waals surface area contributed by atoms with Crippen molar-refractivity contribution in [1.29, 1.82) is 0 Å². The van der Waals surface area contributed by atoms with E-state index in [2.05, 4.69) is 16.5 Å². The molecule has 5 heteroatoms. The van der Waals surface area contributed by atoms with Gasteiger partial charge < -0.3 is 10.3 Å². The first-order valence-electron chi connectivity index (χ1n) is 6.29. The van der Waals surface area contributed by atoms with Gasteiger partial charge in [-0.2, -0.15) is 0 Å². The maximum Gasteiger partial charge on any atom is 0.110 e. The Morgan fingerprint density at radius 3 is 2.79 bits per heavy atom. The molecule has 0 fully saturated rings. The van der Waals surface area contributed by atoms with Crippen molar-refractivity contribution in [2.24, 2.45) is 5.73 Å². The van der Waals surface area contributed by atoms with Crippen molar-refractivity contribution in [2.45, 2.75) is 32.4 Å². The van der Waals surface area contributed by atoms with Gasteiger partial charge in [0.15, 0.2) is 0 Å². The van der Waals surface area contributed by atoms with E-state index in [0.717, 1.165) is 30.8 Å². The normalized spacial score (nSPS) is 12.6. The van der Waals surface area contributed by atoms with Crippen LogP contribution >= 0.6 is 23.2 Å². The molecule has 19 heavy (non-hydrogen) atoms. The first-order valence-corrected chi connectivity index (χ1v) is 7.05. The number of hydrogen-bond donors (Lipinski definition) is 1. The molecule has 1 aromatic carbocycles. The fourth-order valence-corrected chi connectivity index (χ4v) is 2.21. The largest absolute Gasteiger partial charge is 0.330 e. The first-order chi connectivity index (χ1) is 9.10. The first kappa shape index (κ1) is 14.4. The van der Waals surface area contributed by atoms with Gasteiger partial charge in [-0.25, -0.2) is 4.98 Å². The molecule has 1 atom stereocenters. The van der Waals surface area contributed by atoms with E-state index in [0.29, 0.717) is 10.0 Å².